The molecule has 0 aromatic heterocycles. The molecule has 2 aromatic rings. The molecule has 2 aromatic carbocycles. The fourth-order valence-electron chi connectivity index (χ4n) is 5.38. The second-order valence-electron chi connectivity index (χ2n) is 9.70. The van der Waals surface area contributed by atoms with E-state index in [-0.39, 0.29) is 46.3 Å². The largest absolute Gasteiger partial charge is 0.378 e. The minimum atomic E-state index is -1.15. The van der Waals surface area contributed by atoms with Crippen molar-refractivity contribution in [2.24, 2.45) is 0 Å². The van der Waals surface area contributed by atoms with Crippen LogP contribution in [0.5, 0.6) is 0 Å². The molecule has 2 fully saturated rings. The van der Waals surface area contributed by atoms with Crippen LogP contribution in [0.4, 0.5) is 17.6 Å². The number of halogens is 4. The third kappa shape index (κ3) is 5.18. The molecule has 4 rings (SSSR count). The van der Waals surface area contributed by atoms with Gasteiger partial charge in [-0.3, -0.25) is 0 Å². The van der Waals surface area contributed by atoms with Crippen molar-refractivity contribution in [3.63, 3.8) is 0 Å². The molecule has 0 radical (unpaired) electrons. The summed E-state index contributed by atoms with van der Waals surface area (Å²) in [5, 5.41) is 0. The van der Waals surface area contributed by atoms with Gasteiger partial charge in [0.25, 0.3) is 0 Å². The molecule has 0 spiro atoms. The lowest BCUT2D eigenvalue weighted by Gasteiger charge is -2.30. The molecule has 2 aliphatic heterocycles. The van der Waals surface area contributed by atoms with Crippen molar-refractivity contribution < 1.29 is 27.0 Å². The first kappa shape index (κ1) is 25.2. The van der Waals surface area contributed by atoms with Crippen LogP contribution < -0.4 is 0 Å². The second-order valence-corrected chi connectivity index (χ2v) is 9.70. The third-order valence-corrected chi connectivity index (χ3v) is 7.36. The van der Waals surface area contributed by atoms with Crippen LogP contribution in [-0.2, 0) is 9.47 Å². The van der Waals surface area contributed by atoms with Crippen LogP contribution in [0.1, 0.15) is 88.2 Å². The minimum absolute atomic E-state index is 0.163. The lowest BCUT2D eigenvalue weighted by molar-refractivity contribution is -0.00193. The highest BCUT2D eigenvalue weighted by molar-refractivity contribution is 5.66. The molecule has 2 nitrogen and oxygen atoms in total. The predicted octanol–water partition coefficient (Wildman–Crippen LogP) is 8.04. The molecule has 34 heavy (non-hydrogen) atoms. The van der Waals surface area contributed by atoms with Gasteiger partial charge in [0, 0.05) is 23.0 Å². The van der Waals surface area contributed by atoms with Gasteiger partial charge in [0.2, 0.25) is 0 Å². The molecule has 2 heterocycles. The number of rotatable bonds is 7. The van der Waals surface area contributed by atoms with Gasteiger partial charge in [0.1, 0.15) is 0 Å². The molecular weight excluding hydrogens is 444 g/mol. The Labute approximate surface area is 199 Å². The molecule has 2 saturated heterocycles. The lowest BCUT2D eigenvalue weighted by Crippen LogP contribution is -2.25. The van der Waals surface area contributed by atoms with Gasteiger partial charge in [-0.05, 0) is 49.7 Å². The van der Waals surface area contributed by atoms with Crippen molar-refractivity contribution >= 4 is 0 Å². The quantitative estimate of drug-likeness (QED) is 0.375. The Kier molecular flexibility index (Phi) is 8.30. The van der Waals surface area contributed by atoms with E-state index < -0.39 is 23.3 Å². The maximum atomic E-state index is 15.1. The number of hydrogen-bond donors (Lipinski definition) is 0. The zero-order valence-electron chi connectivity index (χ0n) is 20.0. The van der Waals surface area contributed by atoms with Gasteiger partial charge in [-0.25, -0.2) is 17.6 Å². The third-order valence-electron chi connectivity index (χ3n) is 7.36. The molecule has 4 atom stereocenters. The van der Waals surface area contributed by atoms with Crippen LogP contribution in [0.25, 0.3) is 11.1 Å². The monoisotopic (exact) mass is 478 g/mol. The fourth-order valence-corrected chi connectivity index (χ4v) is 5.38. The van der Waals surface area contributed by atoms with Crippen molar-refractivity contribution in [1.29, 1.82) is 0 Å². The summed E-state index contributed by atoms with van der Waals surface area (Å²) < 4.78 is 71.8. The van der Waals surface area contributed by atoms with Crippen LogP contribution in [0.3, 0.4) is 0 Å². The van der Waals surface area contributed by atoms with E-state index in [0.29, 0.717) is 26.1 Å². The molecular formula is C28H34F4O2. The first-order chi connectivity index (χ1) is 16.4. The van der Waals surface area contributed by atoms with Crippen LogP contribution in [-0.4, -0.2) is 25.4 Å². The summed E-state index contributed by atoms with van der Waals surface area (Å²) in [5.74, 6) is -4.81. The lowest BCUT2D eigenvalue weighted by atomic mass is 9.87. The fraction of sp³-hybridized carbons (Fsp3) is 0.571. The van der Waals surface area contributed by atoms with Crippen molar-refractivity contribution in [2.45, 2.75) is 89.3 Å². The molecule has 0 amide bonds. The predicted molar refractivity (Wildman–Crippen MR) is 125 cm³/mol. The maximum absolute atomic E-state index is 15.1. The van der Waals surface area contributed by atoms with E-state index in [1.54, 1.807) is 0 Å². The van der Waals surface area contributed by atoms with Gasteiger partial charge in [0.15, 0.2) is 23.3 Å². The second kappa shape index (κ2) is 11.2. The van der Waals surface area contributed by atoms with Crippen molar-refractivity contribution in [3.8, 4) is 11.1 Å². The summed E-state index contributed by atoms with van der Waals surface area (Å²) in [5.41, 5.74) is -0.0789. The van der Waals surface area contributed by atoms with Crippen molar-refractivity contribution in [1.82, 2.24) is 0 Å². The number of benzene rings is 2. The van der Waals surface area contributed by atoms with Gasteiger partial charge >= 0.3 is 0 Å². The summed E-state index contributed by atoms with van der Waals surface area (Å²) in [6.07, 6.45) is 7.28. The number of ether oxygens (including phenoxy) is 2. The highest BCUT2D eigenvalue weighted by atomic mass is 19.2. The molecule has 0 bridgehead atoms. The number of hydrogen-bond acceptors (Lipinski definition) is 2. The van der Waals surface area contributed by atoms with Crippen LogP contribution >= 0.6 is 0 Å². The SMILES string of the molecule is CCCC1CCC(c2ccc(-c3ccc(C4CCC(CCC)OC4)c(F)c3F)c(F)c2F)CO1. The van der Waals surface area contributed by atoms with Crippen molar-refractivity contribution in [3.05, 3.63) is 58.7 Å². The molecule has 0 saturated carbocycles. The topological polar surface area (TPSA) is 18.5 Å². The highest BCUT2D eigenvalue weighted by Gasteiger charge is 2.30. The van der Waals surface area contributed by atoms with E-state index in [0.717, 1.165) is 38.5 Å². The van der Waals surface area contributed by atoms with E-state index in [1.165, 1.54) is 24.3 Å². The Bertz CT molecular complexity index is 897. The van der Waals surface area contributed by atoms with E-state index in [4.69, 9.17) is 9.47 Å². The summed E-state index contributed by atoms with van der Waals surface area (Å²) in [6.45, 7) is 4.84. The Hall–Kier alpha value is -1.92. The molecule has 2 aliphatic rings. The standard InChI is InChI=1S/C28H34F4O2/c1-3-5-19-9-7-17(15-33-19)21-11-13-23(27(31)25(21)29)24-14-12-22(26(30)28(24)32)18-8-10-20(6-4-2)34-16-18/h11-14,17-20H,3-10,15-16H2,1-2H3. The van der Waals surface area contributed by atoms with Gasteiger partial charge in [0.05, 0.1) is 25.4 Å². The Balaban J connectivity index is 1.53. The summed E-state index contributed by atoms with van der Waals surface area (Å²) in [7, 11) is 0. The average Bonchev–Trinajstić information content (AvgIpc) is 2.85. The molecule has 0 aliphatic carbocycles. The first-order valence-corrected chi connectivity index (χ1v) is 12.6. The molecule has 0 N–H and O–H groups in total. The van der Waals surface area contributed by atoms with E-state index in [1.807, 2.05) is 0 Å². The van der Waals surface area contributed by atoms with E-state index >= 15 is 17.6 Å². The minimum Gasteiger partial charge on any atom is -0.378 e. The molecule has 186 valence electrons. The summed E-state index contributed by atoms with van der Waals surface area (Å²) in [4.78, 5) is 0. The van der Waals surface area contributed by atoms with Crippen LogP contribution in [0.2, 0.25) is 0 Å². The Morgan fingerprint density at radius 1 is 0.618 bits per heavy atom. The zero-order chi connectivity index (χ0) is 24.2. The van der Waals surface area contributed by atoms with E-state index in [2.05, 4.69) is 13.8 Å². The Morgan fingerprint density at radius 2 is 1.03 bits per heavy atom. The van der Waals surface area contributed by atoms with Crippen LogP contribution in [0.15, 0.2) is 24.3 Å². The van der Waals surface area contributed by atoms with E-state index in [9.17, 15) is 0 Å². The zero-order valence-corrected chi connectivity index (χ0v) is 20.0. The average molecular weight is 479 g/mol. The van der Waals surface area contributed by atoms with Gasteiger partial charge in [-0.1, -0.05) is 51.0 Å². The Morgan fingerprint density at radius 3 is 1.35 bits per heavy atom. The van der Waals surface area contributed by atoms with Crippen molar-refractivity contribution in [2.75, 3.05) is 13.2 Å². The first-order valence-electron chi connectivity index (χ1n) is 12.6. The van der Waals surface area contributed by atoms with Gasteiger partial charge in [-0.15, -0.1) is 0 Å². The molecule has 6 heteroatoms. The van der Waals surface area contributed by atoms with Crippen LogP contribution in [0, 0.1) is 23.3 Å². The maximum Gasteiger partial charge on any atom is 0.167 e. The highest BCUT2D eigenvalue weighted by Crippen LogP contribution is 2.38. The normalized spacial score (nSPS) is 25.5. The molecule has 4 unspecified atom stereocenters. The van der Waals surface area contributed by atoms with Gasteiger partial charge in [-0.2, -0.15) is 0 Å². The smallest absolute Gasteiger partial charge is 0.167 e. The summed E-state index contributed by atoms with van der Waals surface area (Å²) in [6, 6.07) is 5.66. The summed E-state index contributed by atoms with van der Waals surface area (Å²) >= 11 is 0. The van der Waals surface area contributed by atoms with Gasteiger partial charge < -0.3 is 9.47 Å².